The van der Waals surface area contributed by atoms with Crippen LogP contribution >= 0.6 is 12.4 Å². The Morgan fingerprint density at radius 2 is 2.18 bits per heavy atom. The second kappa shape index (κ2) is 6.00. The predicted octanol–water partition coefficient (Wildman–Crippen LogP) is -0.0740. The van der Waals surface area contributed by atoms with Crippen LogP contribution in [0, 0.1) is 5.92 Å². The SMILES string of the molecule is CC1CNCCC1N1C[C@H](O)C[C@H]1C(=O)O.Cl. The van der Waals surface area contributed by atoms with Gasteiger partial charge in [0.05, 0.1) is 6.10 Å². The van der Waals surface area contributed by atoms with Crippen LogP contribution in [0.2, 0.25) is 0 Å². The van der Waals surface area contributed by atoms with Crippen LogP contribution in [0.15, 0.2) is 0 Å². The van der Waals surface area contributed by atoms with Gasteiger partial charge in [0, 0.05) is 19.0 Å². The molecule has 0 bridgehead atoms. The van der Waals surface area contributed by atoms with Crippen LogP contribution in [0.25, 0.3) is 0 Å². The zero-order valence-electron chi connectivity index (χ0n) is 10.0. The fourth-order valence-corrected chi connectivity index (χ4v) is 2.94. The third kappa shape index (κ3) is 3.10. The molecule has 6 heteroatoms. The van der Waals surface area contributed by atoms with Gasteiger partial charge in [0.2, 0.25) is 0 Å². The molecule has 3 N–H and O–H groups in total. The second-order valence-electron chi connectivity index (χ2n) is 4.98. The molecule has 17 heavy (non-hydrogen) atoms. The minimum atomic E-state index is -0.803. The van der Waals surface area contributed by atoms with Crippen molar-refractivity contribution in [3.05, 3.63) is 0 Å². The summed E-state index contributed by atoms with van der Waals surface area (Å²) in [6.07, 6.45) is 0.854. The number of hydrogen-bond acceptors (Lipinski definition) is 4. The smallest absolute Gasteiger partial charge is 0.321 e. The van der Waals surface area contributed by atoms with Gasteiger partial charge in [-0.25, -0.2) is 0 Å². The van der Waals surface area contributed by atoms with Crippen LogP contribution < -0.4 is 5.32 Å². The third-order valence-electron chi connectivity index (χ3n) is 3.77. The van der Waals surface area contributed by atoms with Gasteiger partial charge >= 0.3 is 5.97 Å². The Hall–Kier alpha value is -0.360. The first-order chi connectivity index (χ1) is 7.59. The normalized spacial score (nSPS) is 38.7. The summed E-state index contributed by atoms with van der Waals surface area (Å²) in [4.78, 5) is 13.1. The second-order valence-corrected chi connectivity index (χ2v) is 4.98. The summed E-state index contributed by atoms with van der Waals surface area (Å²) in [6, 6.07) is -0.208. The average Bonchev–Trinajstić information content (AvgIpc) is 2.61. The van der Waals surface area contributed by atoms with E-state index in [1.165, 1.54) is 0 Å². The lowest BCUT2D eigenvalue weighted by atomic mass is 9.93. The standard InChI is InChI=1S/C11H20N2O3.ClH/c1-7-5-12-3-2-9(7)13-6-8(14)4-10(13)11(15)16;/h7-10,12,14H,2-6H2,1H3,(H,15,16);1H/t7?,8-,9?,10+;/m1./s1. The van der Waals surface area contributed by atoms with Gasteiger partial charge in [-0.1, -0.05) is 6.92 Å². The predicted molar refractivity (Wildman–Crippen MR) is 66.4 cm³/mol. The molecular weight excluding hydrogens is 244 g/mol. The van der Waals surface area contributed by atoms with Crippen molar-refractivity contribution in [3.8, 4) is 0 Å². The molecule has 2 fully saturated rings. The van der Waals surface area contributed by atoms with Crippen LogP contribution in [0.1, 0.15) is 19.8 Å². The third-order valence-corrected chi connectivity index (χ3v) is 3.77. The number of carboxylic acid groups (broad SMARTS) is 1. The number of aliphatic hydroxyl groups is 1. The molecule has 0 aliphatic carbocycles. The molecule has 2 saturated heterocycles. The number of carboxylic acids is 1. The van der Waals surface area contributed by atoms with Gasteiger partial charge in [-0.15, -0.1) is 12.4 Å². The molecule has 2 heterocycles. The van der Waals surface area contributed by atoms with E-state index in [2.05, 4.69) is 12.2 Å². The number of rotatable bonds is 2. The molecule has 2 rings (SSSR count). The van der Waals surface area contributed by atoms with Crippen LogP contribution in [0.5, 0.6) is 0 Å². The molecule has 0 saturated carbocycles. The van der Waals surface area contributed by atoms with Crippen molar-refractivity contribution in [1.82, 2.24) is 10.2 Å². The van der Waals surface area contributed by atoms with Gasteiger partial charge in [-0.3, -0.25) is 9.69 Å². The van der Waals surface area contributed by atoms with Gasteiger partial charge in [0.1, 0.15) is 6.04 Å². The van der Waals surface area contributed by atoms with Crippen LogP contribution in [0.3, 0.4) is 0 Å². The number of piperidine rings is 1. The van der Waals surface area contributed by atoms with E-state index in [1.54, 1.807) is 0 Å². The largest absolute Gasteiger partial charge is 0.480 e. The molecule has 2 aliphatic heterocycles. The van der Waals surface area contributed by atoms with E-state index in [0.29, 0.717) is 24.9 Å². The number of likely N-dealkylation sites (tertiary alicyclic amines) is 1. The summed E-state index contributed by atoms with van der Waals surface area (Å²) in [5.41, 5.74) is 0. The fraction of sp³-hybridized carbons (Fsp3) is 0.909. The van der Waals surface area contributed by atoms with E-state index in [4.69, 9.17) is 5.11 Å². The Balaban J connectivity index is 0.00000144. The number of hydrogen-bond donors (Lipinski definition) is 3. The highest BCUT2D eigenvalue weighted by molar-refractivity contribution is 5.85. The zero-order chi connectivity index (χ0) is 11.7. The van der Waals surface area contributed by atoms with Crippen molar-refractivity contribution >= 4 is 18.4 Å². The Kier molecular flexibility index (Phi) is 5.19. The number of halogens is 1. The first-order valence-electron chi connectivity index (χ1n) is 5.97. The van der Waals surface area contributed by atoms with E-state index >= 15 is 0 Å². The van der Waals surface area contributed by atoms with Gasteiger partial charge in [-0.05, 0) is 25.4 Å². The van der Waals surface area contributed by atoms with Crippen LogP contribution in [0.4, 0.5) is 0 Å². The maximum atomic E-state index is 11.1. The molecule has 0 spiro atoms. The lowest BCUT2D eigenvalue weighted by molar-refractivity contribution is -0.143. The number of aliphatic carboxylic acids is 1. The number of nitrogens with one attached hydrogen (secondary N) is 1. The van der Waals surface area contributed by atoms with Crippen molar-refractivity contribution < 1.29 is 15.0 Å². The molecule has 0 radical (unpaired) electrons. The molecule has 100 valence electrons. The maximum absolute atomic E-state index is 11.1. The van der Waals surface area contributed by atoms with Gasteiger partial charge in [0.25, 0.3) is 0 Å². The molecule has 5 nitrogen and oxygen atoms in total. The minimum Gasteiger partial charge on any atom is -0.480 e. The van der Waals surface area contributed by atoms with Crippen molar-refractivity contribution in [2.75, 3.05) is 19.6 Å². The van der Waals surface area contributed by atoms with Crippen molar-refractivity contribution in [2.45, 2.75) is 38.0 Å². The van der Waals surface area contributed by atoms with Crippen LogP contribution in [-0.4, -0.2) is 58.9 Å². The maximum Gasteiger partial charge on any atom is 0.321 e. The number of carbonyl (C=O) groups is 1. The monoisotopic (exact) mass is 264 g/mol. The minimum absolute atomic E-state index is 0. The summed E-state index contributed by atoms with van der Waals surface area (Å²) >= 11 is 0. The zero-order valence-corrected chi connectivity index (χ0v) is 10.8. The highest BCUT2D eigenvalue weighted by Gasteiger charge is 2.41. The summed E-state index contributed by atoms with van der Waals surface area (Å²) in [5.74, 6) is -0.358. The molecule has 2 aliphatic rings. The van der Waals surface area contributed by atoms with Crippen molar-refractivity contribution in [1.29, 1.82) is 0 Å². The molecular formula is C11H21ClN2O3. The molecule has 0 aromatic heterocycles. The Morgan fingerprint density at radius 3 is 2.76 bits per heavy atom. The van der Waals surface area contributed by atoms with E-state index in [9.17, 15) is 9.90 Å². The van der Waals surface area contributed by atoms with Crippen LogP contribution in [-0.2, 0) is 4.79 Å². The lowest BCUT2D eigenvalue weighted by Gasteiger charge is -2.38. The average molecular weight is 265 g/mol. The molecule has 4 atom stereocenters. The molecule has 0 aromatic rings. The Morgan fingerprint density at radius 1 is 1.47 bits per heavy atom. The van der Waals surface area contributed by atoms with Gasteiger partial charge in [-0.2, -0.15) is 0 Å². The topological polar surface area (TPSA) is 72.8 Å². The molecule has 2 unspecified atom stereocenters. The molecule has 0 amide bonds. The van der Waals surface area contributed by atoms with E-state index < -0.39 is 18.1 Å². The summed E-state index contributed by atoms with van der Waals surface area (Å²) in [7, 11) is 0. The highest BCUT2D eigenvalue weighted by atomic mass is 35.5. The Bertz CT molecular complexity index is 277. The summed E-state index contributed by atoms with van der Waals surface area (Å²) in [5, 5.41) is 22.1. The lowest BCUT2D eigenvalue weighted by Crippen LogP contribution is -2.52. The van der Waals surface area contributed by atoms with E-state index in [1.807, 2.05) is 4.90 Å². The van der Waals surface area contributed by atoms with Crippen molar-refractivity contribution in [3.63, 3.8) is 0 Å². The number of nitrogens with zero attached hydrogens (tertiary/aromatic N) is 1. The number of aliphatic hydroxyl groups excluding tert-OH is 1. The molecule has 0 aromatic carbocycles. The van der Waals surface area contributed by atoms with E-state index in [0.717, 1.165) is 19.5 Å². The quantitative estimate of drug-likeness (QED) is 0.651. The number of β-amino-alcohol motifs (C(OH)–C–C–N with tert-alkyl or cyclic N) is 1. The highest BCUT2D eigenvalue weighted by Crippen LogP contribution is 2.27. The Labute approximate surface area is 108 Å². The van der Waals surface area contributed by atoms with Gasteiger partial charge < -0.3 is 15.5 Å². The fourth-order valence-electron chi connectivity index (χ4n) is 2.94. The first-order valence-corrected chi connectivity index (χ1v) is 5.97. The summed E-state index contributed by atoms with van der Waals surface area (Å²) in [6.45, 7) is 4.52. The van der Waals surface area contributed by atoms with E-state index in [-0.39, 0.29) is 12.4 Å². The van der Waals surface area contributed by atoms with Crippen molar-refractivity contribution in [2.24, 2.45) is 5.92 Å². The summed E-state index contributed by atoms with van der Waals surface area (Å²) < 4.78 is 0. The van der Waals surface area contributed by atoms with Gasteiger partial charge in [0.15, 0.2) is 0 Å². The first kappa shape index (κ1) is 14.7.